The van der Waals surface area contributed by atoms with E-state index in [1.165, 1.54) is 19.3 Å². The topological polar surface area (TPSA) is 84.1 Å². The van der Waals surface area contributed by atoms with Gasteiger partial charge in [-0.3, -0.25) is 0 Å². The molecule has 0 bridgehead atoms. The number of aliphatic hydroxyl groups is 1. The number of hydrogen-bond donors (Lipinski definition) is 3. The van der Waals surface area contributed by atoms with Gasteiger partial charge in [0.2, 0.25) is 0 Å². The second-order valence-corrected chi connectivity index (χ2v) is 6.02. The summed E-state index contributed by atoms with van der Waals surface area (Å²) in [5.74, 6) is 1.03. The molecule has 0 saturated heterocycles. The summed E-state index contributed by atoms with van der Waals surface area (Å²) in [4.78, 5) is 8.92. The molecule has 0 amide bonds. The highest BCUT2D eigenvalue weighted by molar-refractivity contribution is 5.79. The van der Waals surface area contributed by atoms with Crippen molar-refractivity contribution in [3.63, 3.8) is 0 Å². The van der Waals surface area contributed by atoms with Crippen LogP contribution in [0, 0.1) is 5.41 Å². The lowest BCUT2D eigenvalue weighted by atomic mass is 9.74. The number of para-hydroxylation sites is 2. The van der Waals surface area contributed by atoms with Crippen molar-refractivity contribution in [1.29, 1.82) is 0 Å². The second kappa shape index (κ2) is 5.85. The van der Waals surface area contributed by atoms with E-state index in [1.807, 2.05) is 24.3 Å². The average Bonchev–Trinajstić information content (AvgIpc) is 2.54. The Balaban J connectivity index is 1.79. The zero-order valence-corrected chi connectivity index (χ0v) is 12.2. The molecule has 1 heterocycles. The van der Waals surface area contributed by atoms with Crippen LogP contribution in [-0.4, -0.2) is 28.2 Å². The number of fused-ring (bicyclic) bond motifs is 1. The lowest BCUT2D eigenvalue weighted by molar-refractivity contribution is 0.0943. The van der Waals surface area contributed by atoms with Gasteiger partial charge in [-0.15, -0.1) is 0 Å². The number of aromatic nitrogens is 2. The molecular weight excluding hydrogens is 264 g/mol. The van der Waals surface area contributed by atoms with Gasteiger partial charge in [-0.2, -0.15) is 0 Å². The zero-order valence-electron chi connectivity index (χ0n) is 12.2. The summed E-state index contributed by atoms with van der Waals surface area (Å²) in [7, 11) is 0. The molecule has 1 aliphatic carbocycles. The van der Waals surface area contributed by atoms with Crippen molar-refractivity contribution in [3.8, 4) is 0 Å². The summed E-state index contributed by atoms with van der Waals surface area (Å²) in [6.07, 6.45) is 5.73. The smallest absolute Gasteiger partial charge is 0.169 e. The van der Waals surface area contributed by atoms with Crippen LogP contribution in [0.15, 0.2) is 24.3 Å². The van der Waals surface area contributed by atoms with Gasteiger partial charge in [0, 0.05) is 12.0 Å². The monoisotopic (exact) mass is 286 g/mol. The summed E-state index contributed by atoms with van der Waals surface area (Å²) in [6.45, 7) is 0.904. The fourth-order valence-electron chi connectivity index (χ4n) is 3.11. The van der Waals surface area contributed by atoms with Gasteiger partial charge in [-0.1, -0.05) is 31.4 Å². The predicted octanol–water partition coefficient (Wildman–Crippen LogP) is 2.57. The van der Waals surface area contributed by atoms with Crippen molar-refractivity contribution in [2.75, 3.05) is 24.2 Å². The van der Waals surface area contributed by atoms with E-state index in [1.54, 1.807) is 0 Å². The molecule has 1 aromatic heterocycles. The Bertz CT molecular complexity index is 623. The minimum Gasteiger partial charge on any atom is -0.396 e. The van der Waals surface area contributed by atoms with Gasteiger partial charge in [0.1, 0.15) is 0 Å². The Morgan fingerprint density at radius 2 is 1.76 bits per heavy atom. The van der Waals surface area contributed by atoms with E-state index in [0.717, 1.165) is 23.9 Å². The van der Waals surface area contributed by atoms with Crippen LogP contribution in [-0.2, 0) is 0 Å². The first kappa shape index (κ1) is 14.1. The Morgan fingerprint density at radius 1 is 1.10 bits per heavy atom. The van der Waals surface area contributed by atoms with Gasteiger partial charge >= 0.3 is 0 Å². The van der Waals surface area contributed by atoms with Gasteiger partial charge < -0.3 is 16.2 Å². The number of anilines is 2. The Kier molecular flexibility index (Phi) is 3.92. The van der Waals surface area contributed by atoms with E-state index in [9.17, 15) is 5.11 Å². The quantitative estimate of drug-likeness (QED) is 0.804. The van der Waals surface area contributed by atoms with Crippen molar-refractivity contribution in [2.24, 2.45) is 5.41 Å². The molecule has 112 valence electrons. The third kappa shape index (κ3) is 2.93. The minimum atomic E-state index is -0.0436. The molecule has 1 fully saturated rings. The standard InChI is InChI=1S/C16H22N4O/c17-14-15(20-13-7-3-2-6-12(13)19-14)18-10-16(11-21)8-4-1-5-9-16/h2-3,6-7,21H,1,4-5,8-11H2,(H2,17,19)(H,18,20). The molecule has 4 N–H and O–H groups in total. The molecule has 0 unspecified atom stereocenters. The number of benzene rings is 1. The van der Waals surface area contributed by atoms with Crippen LogP contribution < -0.4 is 11.1 Å². The first-order chi connectivity index (χ1) is 10.2. The summed E-state index contributed by atoms with van der Waals surface area (Å²) in [6, 6.07) is 7.69. The average molecular weight is 286 g/mol. The number of nitrogen functional groups attached to an aromatic ring is 1. The highest BCUT2D eigenvalue weighted by Crippen LogP contribution is 2.36. The molecule has 5 nitrogen and oxygen atoms in total. The summed E-state index contributed by atoms with van der Waals surface area (Å²) in [5, 5.41) is 13.1. The predicted molar refractivity (Wildman–Crippen MR) is 85.0 cm³/mol. The molecule has 1 aromatic carbocycles. The van der Waals surface area contributed by atoms with Crippen LogP contribution in [0.2, 0.25) is 0 Å². The SMILES string of the molecule is Nc1nc2ccccc2nc1NCC1(CO)CCCCC1. The normalized spacial score (nSPS) is 17.8. The van der Waals surface area contributed by atoms with E-state index >= 15 is 0 Å². The third-order valence-electron chi connectivity index (χ3n) is 4.48. The van der Waals surface area contributed by atoms with Crippen molar-refractivity contribution >= 4 is 22.7 Å². The van der Waals surface area contributed by atoms with Gasteiger partial charge in [0.05, 0.1) is 17.6 Å². The molecule has 5 heteroatoms. The number of aliphatic hydroxyl groups excluding tert-OH is 1. The first-order valence-electron chi connectivity index (χ1n) is 7.59. The molecular formula is C16H22N4O. The molecule has 2 aromatic rings. The number of rotatable bonds is 4. The fraction of sp³-hybridized carbons (Fsp3) is 0.500. The second-order valence-electron chi connectivity index (χ2n) is 6.02. The molecule has 1 aliphatic rings. The molecule has 3 rings (SSSR count). The molecule has 1 saturated carbocycles. The molecule has 0 radical (unpaired) electrons. The van der Waals surface area contributed by atoms with E-state index < -0.39 is 0 Å². The van der Waals surface area contributed by atoms with Gasteiger partial charge in [0.25, 0.3) is 0 Å². The largest absolute Gasteiger partial charge is 0.396 e. The molecule has 21 heavy (non-hydrogen) atoms. The highest BCUT2D eigenvalue weighted by atomic mass is 16.3. The van der Waals surface area contributed by atoms with Crippen molar-refractivity contribution < 1.29 is 5.11 Å². The van der Waals surface area contributed by atoms with Crippen LogP contribution in [0.5, 0.6) is 0 Å². The fourth-order valence-corrected chi connectivity index (χ4v) is 3.11. The number of hydrogen-bond acceptors (Lipinski definition) is 5. The van der Waals surface area contributed by atoms with Crippen LogP contribution in [0.3, 0.4) is 0 Å². The Labute approximate surface area is 124 Å². The number of nitrogens with two attached hydrogens (primary N) is 1. The van der Waals surface area contributed by atoms with Crippen molar-refractivity contribution in [2.45, 2.75) is 32.1 Å². The number of nitrogens with one attached hydrogen (secondary N) is 1. The van der Waals surface area contributed by atoms with Crippen LogP contribution in [0.1, 0.15) is 32.1 Å². The van der Waals surface area contributed by atoms with E-state index in [0.29, 0.717) is 18.2 Å². The van der Waals surface area contributed by atoms with Crippen molar-refractivity contribution in [1.82, 2.24) is 9.97 Å². The maximum Gasteiger partial charge on any atom is 0.169 e. The Hall–Kier alpha value is -1.88. The van der Waals surface area contributed by atoms with Crippen LogP contribution in [0.4, 0.5) is 11.6 Å². The van der Waals surface area contributed by atoms with E-state index in [-0.39, 0.29) is 12.0 Å². The van der Waals surface area contributed by atoms with Gasteiger partial charge in [-0.05, 0) is 25.0 Å². The minimum absolute atomic E-state index is 0.0436. The summed E-state index contributed by atoms with van der Waals surface area (Å²) in [5.41, 5.74) is 7.58. The Morgan fingerprint density at radius 3 is 2.43 bits per heavy atom. The molecule has 0 aliphatic heterocycles. The molecule has 0 spiro atoms. The van der Waals surface area contributed by atoms with E-state index in [4.69, 9.17) is 5.73 Å². The maximum atomic E-state index is 9.75. The van der Waals surface area contributed by atoms with E-state index in [2.05, 4.69) is 15.3 Å². The van der Waals surface area contributed by atoms with Crippen LogP contribution >= 0.6 is 0 Å². The highest BCUT2D eigenvalue weighted by Gasteiger charge is 2.31. The third-order valence-corrected chi connectivity index (χ3v) is 4.48. The lowest BCUT2D eigenvalue weighted by Gasteiger charge is -2.35. The summed E-state index contributed by atoms with van der Waals surface area (Å²) < 4.78 is 0. The van der Waals surface area contributed by atoms with Gasteiger partial charge in [-0.25, -0.2) is 9.97 Å². The van der Waals surface area contributed by atoms with Crippen molar-refractivity contribution in [3.05, 3.63) is 24.3 Å². The zero-order chi connectivity index (χ0) is 14.7. The first-order valence-corrected chi connectivity index (χ1v) is 7.59. The number of nitrogens with zero attached hydrogens (tertiary/aromatic N) is 2. The van der Waals surface area contributed by atoms with Gasteiger partial charge in [0.15, 0.2) is 11.6 Å². The lowest BCUT2D eigenvalue weighted by Crippen LogP contribution is -2.36. The maximum absolute atomic E-state index is 9.75. The summed E-state index contributed by atoms with van der Waals surface area (Å²) >= 11 is 0. The van der Waals surface area contributed by atoms with Crippen LogP contribution in [0.25, 0.3) is 11.0 Å². The molecule has 0 atom stereocenters.